The Morgan fingerprint density at radius 2 is 1.66 bits per heavy atom. The van der Waals surface area contributed by atoms with Crippen LogP contribution in [0.25, 0.3) is 22.2 Å². The summed E-state index contributed by atoms with van der Waals surface area (Å²) in [6.07, 6.45) is -2.46. The first kappa shape index (κ1) is 29.5. The van der Waals surface area contributed by atoms with E-state index in [2.05, 4.69) is 19.8 Å². The van der Waals surface area contributed by atoms with Gasteiger partial charge in [-0.05, 0) is 55.0 Å². The van der Waals surface area contributed by atoms with E-state index in [-0.39, 0.29) is 28.3 Å². The zero-order valence-electron chi connectivity index (χ0n) is 21.9. The van der Waals surface area contributed by atoms with Crippen LogP contribution in [0.4, 0.5) is 18.9 Å². The minimum atomic E-state index is -4.80. The van der Waals surface area contributed by atoms with Crippen LogP contribution in [0.2, 0.25) is 0 Å². The minimum absolute atomic E-state index is 0.0144. The van der Waals surface area contributed by atoms with E-state index in [1.807, 2.05) is 6.92 Å². The maximum absolute atomic E-state index is 12.9. The number of halogens is 3. The molecule has 0 unspecified atom stereocenters. The molecule has 1 aromatic heterocycles. The molecule has 0 saturated heterocycles. The third-order valence-electron chi connectivity index (χ3n) is 6.02. The third kappa shape index (κ3) is 7.82. The van der Waals surface area contributed by atoms with E-state index in [4.69, 9.17) is 0 Å². The number of alkyl halides is 3. The lowest BCUT2D eigenvalue weighted by Crippen LogP contribution is -2.31. The molecule has 0 bridgehead atoms. The normalized spacial score (nSPS) is 11.7. The van der Waals surface area contributed by atoms with Crippen LogP contribution < -0.4 is 14.8 Å². The Morgan fingerprint density at radius 1 is 0.927 bits per heavy atom. The summed E-state index contributed by atoms with van der Waals surface area (Å²) in [5, 5.41) is 3.04. The molecular formula is C29H26F3N3O5S. The van der Waals surface area contributed by atoms with Gasteiger partial charge in [0.15, 0.2) is 0 Å². The van der Waals surface area contributed by atoms with E-state index in [0.29, 0.717) is 28.6 Å². The highest BCUT2D eigenvalue weighted by atomic mass is 32.2. The molecule has 8 nitrogen and oxygen atoms in total. The van der Waals surface area contributed by atoms with Crippen molar-refractivity contribution in [1.29, 1.82) is 0 Å². The van der Waals surface area contributed by atoms with E-state index in [0.717, 1.165) is 12.8 Å². The first-order valence-electron chi connectivity index (χ1n) is 12.7. The van der Waals surface area contributed by atoms with Crippen molar-refractivity contribution in [3.63, 3.8) is 0 Å². The molecule has 2 amide bonds. The number of rotatable bonds is 10. The van der Waals surface area contributed by atoms with Gasteiger partial charge >= 0.3 is 6.36 Å². The Balaban J connectivity index is 1.48. The number of pyridine rings is 1. The van der Waals surface area contributed by atoms with E-state index >= 15 is 0 Å². The second kappa shape index (κ2) is 12.4. The molecule has 0 aliphatic carbocycles. The second-order valence-corrected chi connectivity index (χ2v) is 10.8. The summed E-state index contributed by atoms with van der Waals surface area (Å²) in [5.74, 6) is -1.54. The molecule has 0 aliphatic rings. The van der Waals surface area contributed by atoms with Gasteiger partial charge in [-0.25, -0.2) is 18.1 Å². The summed E-state index contributed by atoms with van der Waals surface area (Å²) in [5.41, 5.74) is 1.88. The molecule has 4 aromatic rings. The van der Waals surface area contributed by atoms with Crippen LogP contribution in [-0.2, 0) is 14.8 Å². The molecule has 0 radical (unpaired) electrons. The molecule has 0 saturated carbocycles. The van der Waals surface area contributed by atoms with E-state index in [1.54, 1.807) is 30.3 Å². The fraction of sp³-hybridized carbons (Fsp3) is 0.207. The minimum Gasteiger partial charge on any atom is -0.406 e. The summed E-state index contributed by atoms with van der Waals surface area (Å²) in [7, 11) is -4.21. The van der Waals surface area contributed by atoms with Gasteiger partial charge in [0.05, 0.1) is 16.9 Å². The molecule has 2 N–H and O–H groups in total. The Hall–Kier alpha value is -4.45. The number of aromatic nitrogens is 1. The first-order valence-corrected chi connectivity index (χ1v) is 14.2. The highest BCUT2D eigenvalue weighted by Crippen LogP contribution is 2.28. The third-order valence-corrected chi connectivity index (χ3v) is 7.45. The van der Waals surface area contributed by atoms with Crippen LogP contribution in [0.5, 0.6) is 5.75 Å². The lowest BCUT2D eigenvalue weighted by atomic mass is 10.1. The summed E-state index contributed by atoms with van der Waals surface area (Å²) in [6, 6.07) is 19.2. The number of amides is 2. The zero-order valence-corrected chi connectivity index (χ0v) is 22.7. The molecule has 41 heavy (non-hydrogen) atoms. The zero-order chi connectivity index (χ0) is 29.6. The monoisotopic (exact) mass is 585 g/mol. The van der Waals surface area contributed by atoms with Crippen LogP contribution in [0, 0.1) is 0 Å². The van der Waals surface area contributed by atoms with Crippen LogP contribution in [0.15, 0.2) is 83.8 Å². The molecule has 0 atom stereocenters. The number of anilines is 1. The summed E-state index contributed by atoms with van der Waals surface area (Å²) in [6.45, 7) is 1.97. The van der Waals surface area contributed by atoms with E-state index < -0.39 is 28.2 Å². The number of hydrogen-bond acceptors (Lipinski definition) is 6. The summed E-state index contributed by atoms with van der Waals surface area (Å²) < 4.78 is 69.2. The Labute approximate surface area is 234 Å². The SMILES string of the molecule is CCCCCC(=O)NS(=O)(=O)c1ccccc1NC(=O)c1ccc(-c2ccc3cc(OC(F)(F)F)ccc3n2)cc1. The van der Waals surface area contributed by atoms with Gasteiger partial charge in [-0.2, -0.15) is 0 Å². The smallest absolute Gasteiger partial charge is 0.406 e. The van der Waals surface area contributed by atoms with E-state index in [1.165, 1.54) is 48.5 Å². The molecule has 0 fully saturated rings. The Kier molecular flexibility index (Phi) is 8.92. The van der Waals surface area contributed by atoms with Gasteiger partial charge in [0.1, 0.15) is 10.6 Å². The Morgan fingerprint density at radius 3 is 2.37 bits per heavy atom. The van der Waals surface area contributed by atoms with Crippen LogP contribution in [0.1, 0.15) is 43.0 Å². The maximum Gasteiger partial charge on any atom is 0.573 e. The maximum atomic E-state index is 12.9. The molecule has 0 aliphatic heterocycles. The lowest BCUT2D eigenvalue weighted by Gasteiger charge is -2.13. The van der Waals surface area contributed by atoms with E-state index in [9.17, 15) is 31.2 Å². The van der Waals surface area contributed by atoms with Crippen molar-refractivity contribution >= 4 is 38.4 Å². The molecule has 12 heteroatoms. The summed E-state index contributed by atoms with van der Waals surface area (Å²) >= 11 is 0. The fourth-order valence-corrected chi connectivity index (χ4v) is 5.22. The number of carbonyl (C=O) groups excluding carboxylic acids is 2. The van der Waals surface area contributed by atoms with Gasteiger partial charge in [-0.15, -0.1) is 13.2 Å². The highest BCUT2D eigenvalue weighted by molar-refractivity contribution is 7.90. The van der Waals surface area contributed by atoms with Crippen molar-refractivity contribution < 1.29 is 35.9 Å². The van der Waals surface area contributed by atoms with Crippen LogP contribution >= 0.6 is 0 Å². The highest BCUT2D eigenvalue weighted by Gasteiger charge is 2.31. The number of para-hydroxylation sites is 1. The quantitative estimate of drug-likeness (QED) is 0.207. The largest absolute Gasteiger partial charge is 0.573 e. The van der Waals surface area contributed by atoms with Crippen LogP contribution in [0.3, 0.4) is 0 Å². The van der Waals surface area contributed by atoms with Crippen molar-refractivity contribution in [1.82, 2.24) is 9.71 Å². The van der Waals surface area contributed by atoms with Gasteiger partial charge in [0.25, 0.3) is 15.9 Å². The van der Waals surface area contributed by atoms with Gasteiger partial charge in [-0.1, -0.05) is 50.1 Å². The topological polar surface area (TPSA) is 114 Å². The van der Waals surface area contributed by atoms with Crippen molar-refractivity contribution in [2.45, 2.75) is 43.9 Å². The number of nitrogens with zero attached hydrogens (tertiary/aromatic N) is 1. The number of nitrogens with one attached hydrogen (secondary N) is 2. The fourth-order valence-electron chi connectivity index (χ4n) is 4.04. The molecule has 1 heterocycles. The van der Waals surface area contributed by atoms with Crippen molar-refractivity contribution in [3.05, 3.63) is 84.4 Å². The average Bonchev–Trinajstić information content (AvgIpc) is 2.92. The second-order valence-electron chi connectivity index (χ2n) is 9.11. The van der Waals surface area contributed by atoms with Gasteiger partial charge in [0, 0.05) is 22.9 Å². The predicted octanol–water partition coefficient (Wildman–Crippen LogP) is 6.44. The Bertz CT molecular complexity index is 1670. The standard InChI is InChI=1S/C29H26F3N3O5S/c1-2-3-4-9-27(36)35-41(38,39)26-8-6-5-7-25(26)34-28(37)20-12-10-19(11-13-20)23-16-14-21-18-22(40-29(30,31)32)15-17-24(21)33-23/h5-8,10-18H,2-4,9H2,1H3,(H,34,37)(H,35,36). The summed E-state index contributed by atoms with van der Waals surface area (Å²) in [4.78, 5) is 29.3. The number of sulfonamides is 1. The van der Waals surface area contributed by atoms with Crippen LogP contribution in [-0.4, -0.2) is 31.6 Å². The molecule has 214 valence electrons. The number of fused-ring (bicyclic) bond motifs is 1. The number of unbranched alkanes of at least 4 members (excludes halogenated alkanes) is 2. The van der Waals surface area contributed by atoms with Gasteiger partial charge in [-0.3, -0.25) is 9.59 Å². The number of ether oxygens (including phenoxy) is 1. The number of carbonyl (C=O) groups is 2. The van der Waals surface area contributed by atoms with Gasteiger partial charge < -0.3 is 10.1 Å². The van der Waals surface area contributed by atoms with Gasteiger partial charge in [0.2, 0.25) is 5.91 Å². The molecule has 0 spiro atoms. The first-order chi connectivity index (χ1) is 19.4. The molecule has 4 rings (SSSR count). The van der Waals surface area contributed by atoms with Crippen molar-refractivity contribution in [2.75, 3.05) is 5.32 Å². The lowest BCUT2D eigenvalue weighted by molar-refractivity contribution is -0.274. The predicted molar refractivity (Wildman–Crippen MR) is 148 cm³/mol. The molecular weight excluding hydrogens is 559 g/mol. The number of hydrogen-bond donors (Lipinski definition) is 2. The molecule has 3 aromatic carbocycles. The average molecular weight is 586 g/mol. The number of benzene rings is 3. The van der Waals surface area contributed by atoms with Crippen molar-refractivity contribution in [3.8, 4) is 17.0 Å². The van der Waals surface area contributed by atoms with Crippen molar-refractivity contribution in [2.24, 2.45) is 0 Å².